The van der Waals surface area contributed by atoms with Crippen LogP contribution in [0.4, 0.5) is 5.69 Å². The molecule has 0 bridgehead atoms. The number of rotatable bonds is 6. The molecule has 25 heavy (non-hydrogen) atoms. The molecule has 1 fully saturated rings. The fourth-order valence-corrected chi connectivity index (χ4v) is 3.14. The molecule has 1 aliphatic heterocycles. The molecular formula is C19H26N4O2. The largest absolute Gasteiger partial charge is 0.384 e. The second kappa shape index (κ2) is 6.98. The molecule has 0 unspecified atom stereocenters. The molecular weight excluding hydrogens is 316 g/mol. The zero-order chi connectivity index (χ0) is 18.0. The van der Waals surface area contributed by atoms with Gasteiger partial charge >= 0.3 is 0 Å². The predicted octanol–water partition coefficient (Wildman–Crippen LogP) is 2.11. The molecule has 0 radical (unpaired) electrons. The molecule has 2 atom stereocenters. The van der Waals surface area contributed by atoms with Gasteiger partial charge in [0.2, 0.25) is 5.91 Å². The molecule has 0 saturated carbocycles. The molecule has 134 valence electrons. The van der Waals surface area contributed by atoms with Crippen LogP contribution in [0.3, 0.4) is 0 Å². The van der Waals surface area contributed by atoms with Gasteiger partial charge in [-0.1, -0.05) is 12.1 Å². The molecule has 1 aromatic heterocycles. The molecule has 0 aliphatic carbocycles. The van der Waals surface area contributed by atoms with Gasteiger partial charge in [-0.05, 0) is 38.0 Å². The van der Waals surface area contributed by atoms with Crippen molar-refractivity contribution in [3.8, 4) is 0 Å². The number of aliphatic hydroxyl groups is 1. The van der Waals surface area contributed by atoms with Crippen molar-refractivity contribution in [2.24, 2.45) is 7.05 Å². The smallest absolute Gasteiger partial charge is 0.227 e. The normalized spacial score (nSPS) is 18.4. The number of nitrogens with one attached hydrogen (secondary N) is 1. The van der Waals surface area contributed by atoms with Crippen molar-refractivity contribution >= 4 is 11.6 Å². The van der Waals surface area contributed by atoms with Crippen LogP contribution in [0.15, 0.2) is 36.7 Å². The van der Waals surface area contributed by atoms with E-state index in [9.17, 15) is 9.90 Å². The molecule has 1 amide bonds. The zero-order valence-electron chi connectivity index (χ0n) is 15.1. The van der Waals surface area contributed by atoms with Gasteiger partial charge < -0.3 is 15.3 Å². The van der Waals surface area contributed by atoms with Gasteiger partial charge in [0.15, 0.2) is 0 Å². The second-order valence-corrected chi connectivity index (χ2v) is 7.02. The highest BCUT2D eigenvalue weighted by Gasteiger charge is 2.25. The SMILES string of the molecule is C[C@H](NC[C@](C)(O)c1cnn(C)c1)c1ccc(N2CCCC2=O)cc1. The Kier molecular flexibility index (Phi) is 4.92. The summed E-state index contributed by atoms with van der Waals surface area (Å²) in [5.41, 5.74) is 1.89. The van der Waals surface area contributed by atoms with Crippen LogP contribution in [0.2, 0.25) is 0 Å². The minimum atomic E-state index is -0.982. The summed E-state index contributed by atoms with van der Waals surface area (Å²) < 4.78 is 1.69. The summed E-state index contributed by atoms with van der Waals surface area (Å²) in [6, 6.07) is 8.16. The third-order valence-corrected chi connectivity index (χ3v) is 4.86. The number of benzene rings is 1. The van der Waals surface area contributed by atoms with Crippen LogP contribution >= 0.6 is 0 Å². The second-order valence-electron chi connectivity index (χ2n) is 7.02. The molecule has 1 saturated heterocycles. The average Bonchev–Trinajstić information content (AvgIpc) is 3.22. The van der Waals surface area contributed by atoms with Crippen LogP contribution < -0.4 is 10.2 Å². The minimum absolute atomic E-state index is 0.0893. The van der Waals surface area contributed by atoms with Crippen LogP contribution in [0.25, 0.3) is 0 Å². The van der Waals surface area contributed by atoms with E-state index in [2.05, 4.69) is 17.3 Å². The summed E-state index contributed by atoms with van der Waals surface area (Å²) >= 11 is 0. The lowest BCUT2D eigenvalue weighted by atomic mass is 9.98. The maximum Gasteiger partial charge on any atom is 0.227 e. The lowest BCUT2D eigenvalue weighted by molar-refractivity contribution is -0.117. The number of aryl methyl sites for hydroxylation is 1. The number of anilines is 1. The van der Waals surface area contributed by atoms with Gasteiger partial charge in [0.1, 0.15) is 5.60 Å². The van der Waals surface area contributed by atoms with Crippen molar-refractivity contribution in [2.75, 3.05) is 18.0 Å². The number of nitrogens with zero attached hydrogens (tertiary/aromatic N) is 3. The van der Waals surface area contributed by atoms with Gasteiger partial charge in [-0.15, -0.1) is 0 Å². The van der Waals surface area contributed by atoms with Gasteiger partial charge in [-0.25, -0.2) is 0 Å². The molecule has 3 rings (SSSR count). The summed E-state index contributed by atoms with van der Waals surface area (Å²) in [6.07, 6.45) is 5.09. The summed E-state index contributed by atoms with van der Waals surface area (Å²) in [5.74, 6) is 0.200. The number of amides is 1. The van der Waals surface area contributed by atoms with Crippen LogP contribution in [0, 0.1) is 0 Å². The Bertz CT molecular complexity index is 736. The first-order chi connectivity index (χ1) is 11.9. The van der Waals surface area contributed by atoms with Gasteiger partial charge in [0, 0.05) is 50.0 Å². The van der Waals surface area contributed by atoms with Crippen LogP contribution in [-0.2, 0) is 17.4 Å². The highest BCUT2D eigenvalue weighted by Crippen LogP contribution is 2.24. The van der Waals surface area contributed by atoms with E-state index < -0.39 is 5.60 Å². The molecule has 1 aliphatic rings. The highest BCUT2D eigenvalue weighted by atomic mass is 16.3. The zero-order valence-corrected chi connectivity index (χ0v) is 15.1. The lowest BCUT2D eigenvalue weighted by Gasteiger charge is -2.25. The summed E-state index contributed by atoms with van der Waals surface area (Å²) in [4.78, 5) is 13.7. The third kappa shape index (κ3) is 3.91. The predicted molar refractivity (Wildman–Crippen MR) is 97.2 cm³/mol. The van der Waals surface area contributed by atoms with E-state index in [0.717, 1.165) is 29.8 Å². The van der Waals surface area contributed by atoms with Crippen molar-refractivity contribution in [3.63, 3.8) is 0 Å². The quantitative estimate of drug-likeness (QED) is 0.843. The van der Waals surface area contributed by atoms with Gasteiger partial charge in [0.25, 0.3) is 0 Å². The Balaban J connectivity index is 1.61. The number of hydrogen-bond donors (Lipinski definition) is 2. The molecule has 6 nitrogen and oxygen atoms in total. The Morgan fingerprint density at radius 2 is 2.08 bits per heavy atom. The molecule has 0 spiro atoms. The molecule has 2 aromatic rings. The topological polar surface area (TPSA) is 70.4 Å². The lowest BCUT2D eigenvalue weighted by Crippen LogP contribution is -2.36. The first kappa shape index (κ1) is 17.6. The Morgan fingerprint density at radius 1 is 1.36 bits per heavy atom. The van der Waals surface area contributed by atoms with Gasteiger partial charge in [-0.2, -0.15) is 5.10 Å². The van der Waals surface area contributed by atoms with E-state index >= 15 is 0 Å². The first-order valence-electron chi connectivity index (χ1n) is 8.72. The van der Waals surface area contributed by atoms with Crippen molar-refractivity contribution in [1.29, 1.82) is 0 Å². The summed E-state index contributed by atoms with van der Waals surface area (Å²) in [7, 11) is 1.84. The van der Waals surface area contributed by atoms with Crippen molar-refractivity contribution < 1.29 is 9.90 Å². The van der Waals surface area contributed by atoms with E-state index in [-0.39, 0.29) is 11.9 Å². The Morgan fingerprint density at radius 3 is 2.64 bits per heavy atom. The molecule has 6 heteroatoms. The maximum absolute atomic E-state index is 11.8. The van der Waals surface area contributed by atoms with Crippen molar-refractivity contribution in [1.82, 2.24) is 15.1 Å². The Hall–Kier alpha value is -2.18. The van der Waals surface area contributed by atoms with Gasteiger partial charge in [0.05, 0.1) is 6.20 Å². The number of aromatic nitrogens is 2. The van der Waals surface area contributed by atoms with Gasteiger partial charge in [-0.3, -0.25) is 9.48 Å². The number of carbonyl (C=O) groups is 1. The minimum Gasteiger partial charge on any atom is -0.384 e. The fraction of sp³-hybridized carbons (Fsp3) is 0.474. The van der Waals surface area contributed by atoms with Crippen molar-refractivity contribution in [2.45, 2.75) is 38.3 Å². The summed E-state index contributed by atoms with van der Waals surface area (Å²) in [6.45, 7) is 5.08. The standard InChI is InChI=1S/C19H26N4O2/c1-14(20-13-19(2,25)16-11-21-22(3)12-16)15-6-8-17(9-7-15)23-10-4-5-18(23)24/h6-9,11-12,14,20,25H,4-5,10,13H2,1-3H3/t14-,19-/m0/s1. The molecule has 2 N–H and O–H groups in total. The van der Waals surface area contributed by atoms with E-state index in [1.807, 2.05) is 42.4 Å². The Labute approximate surface area is 148 Å². The third-order valence-electron chi connectivity index (χ3n) is 4.86. The highest BCUT2D eigenvalue weighted by molar-refractivity contribution is 5.95. The fourth-order valence-electron chi connectivity index (χ4n) is 3.14. The monoisotopic (exact) mass is 342 g/mol. The van der Waals surface area contributed by atoms with E-state index in [1.54, 1.807) is 17.8 Å². The molecule has 2 heterocycles. The number of hydrogen-bond acceptors (Lipinski definition) is 4. The molecule has 1 aromatic carbocycles. The van der Waals surface area contributed by atoms with E-state index in [0.29, 0.717) is 13.0 Å². The summed E-state index contributed by atoms with van der Waals surface area (Å²) in [5, 5.41) is 18.1. The van der Waals surface area contributed by atoms with Crippen LogP contribution in [0.5, 0.6) is 0 Å². The number of carbonyl (C=O) groups excluding carboxylic acids is 1. The maximum atomic E-state index is 11.8. The van der Waals surface area contributed by atoms with Crippen LogP contribution in [0.1, 0.15) is 43.9 Å². The van der Waals surface area contributed by atoms with Crippen molar-refractivity contribution in [3.05, 3.63) is 47.8 Å². The first-order valence-corrected chi connectivity index (χ1v) is 8.72. The average molecular weight is 342 g/mol. The van der Waals surface area contributed by atoms with E-state index in [1.165, 1.54) is 0 Å². The van der Waals surface area contributed by atoms with Crippen LogP contribution in [-0.4, -0.2) is 33.9 Å². The van der Waals surface area contributed by atoms with E-state index in [4.69, 9.17) is 0 Å².